The summed E-state index contributed by atoms with van der Waals surface area (Å²) in [6.07, 6.45) is 0. The molecule has 0 aliphatic rings. The first-order chi connectivity index (χ1) is 9.90. The van der Waals surface area contributed by atoms with Gasteiger partial charge in [0.2, 0.25) is 0 Å². The van der Waals surface area contributed by atoms with Gasteiger partial charge in [0.25, 0.3) is 11.6 Å². The number of nitrogens with zero attached hydrogens (tertiary/aromatic N) is 3. The standard InChI is InChI=1S/C10H7F2N5O4/c11-10(12)21-6-2-1-4(17(19)20)3-5(6)7-8(9(13)18)15-16-14-7/h1-3,10H,(H2,13,18)(H,14,15,16). The van der Waals surface area contributed by atoms with Crippen LogP contribution in [0.1, 0.15) is 10.5 Å². The number of carbonyl (C=O) groups is 1. The van der Waals surface area contributed by atoms with Gasteiger partial charge in [0, 0.05) is 12.1 Å². The van der Waals surface area contributed by atoms with E-state index in [4.69, 9.17) is 5.73 Å². The Morgan fingerprint density at radius 2 is 2.14 bits per heavy atom. The molecule has 21 heavy (non-hydrogen) atoms. The van der Waals surface area contributed by atoms with Gasteiger partial charge in [-0.05, 0) is 6.07 Å². The zero-order valence-corrected chi connectivity index (χ0v) is 10.1. The number of nitrogens with one attached hydrogen (secondary N) is 1. The minimum absolute atomic E-state index is 0.202. The molecule has 3 N–H and O–H groups in total. The van der Waals surface area contributed by atoms with Crippen molar-refractivity contribution in [2.75, 3.05) is 0 Å². The number of hydrogen-bond acceptors (Lipinski definition) is 6. The number of H-pyrrole nitrogens is 1. The molecule has 9 nitrogen and oxygen atoms in total. The highest BCUT2D eigenvalue weighted by molar-refractivity contribution is 5.97. The number of ether oxygens (including phenoxy) is 1. The van der Waals surface area contributed by atoms with Crippen LogP contribution in [0.2, 0.25) is 0 Å². The van der Waals surface area contributed by atoms with Crippen LogP contribution in [0.15, 0.2) is 18.2 Å². The highest BCUT2D eigenvalue weighted by atomic mass is 19.3. The van der Waals surface area contributed by atoms with Crippen LogP contribution in [0.3, 0.4) is 0 Å². The number of hydrogen-bond donors (Lipinski definition) is 2. The summed E-state index contributed by atoms with van der Waals surface area (Å²) >= 11 is 0. The van der Waals surface area contributed by atoms with Crippen molar-refractivity contribution in [1.82, 2.24) is 15.4 Å². The van der Waals surface area contributed by atoms with E-state index in [2.05, 4.69) is 20.1 Å². The van der Waals surface area contributed by atoms with E-state index in [1.165, 1.54) is 0 Å². The zero-order valence-electron chi connectivity index (χ0n) is 10.1. The first-order valence-corrected chi connectivity index (χ1v) is 5.34. The minimum atomic E-state index is -3.16. The molecule has 2 aromatic rings. The topological polar surface area (TPSA) is 137 Å². The van der Waals surface area contributed by atoms with Gasteiger partial charge in [-0.3, -0.25) is 14.9 Å². The van der Waals surface area contributed by atoms with Crippen LogP contribution in [0.5, 0.6) is 5.75 Å². The van der Waals surface area contributed by atoms with E-state index in [-0.39, 0.29) is 17.0 Å². The fourth-order valence-electron chi connectivity index (χ4n) is 1.61. The van der Waals surface area contributed by atoms with Crippen LogP contribution in [0, 0.1) is 10.1 Å². The lowest BCUT2D eigenvalue weighted by atomic mass is 10.1. The summed E-state index contributed by atoms with van der Waals surface area (Å²) in [6, 6.07) is 2.88. The summed E-state index contributed by atoms with van der Waals surface area (Å²) < 4.78 is 29.0. The maximum Gasteiger partial charge on any atom is 0.387 e. The Labute approximate surface area is 114 Å². The number of amides is 1. The smallest absolute Gasteiger partial charge is 0.387 e. The fourth-order valence-corrected chi connectivity index (χ4v) is 1.61. The Morgan fingerprint density at radius 1 is 1.43 bits per heavy atom. The van der Waals surface area contributed by atoms with Crippen molar-refractivity contribution in [2.45, 2.75) is 6.61 Å². The number of rotatable bonds is 5. The first kappa shape index (κ1) is 14.3. The van der Waals surface area contributed by atoms with E-state index in [0.717, 1.165) is 18.2 Å². The normalized spacial score (nSPS) is 10.6. The van der Waals surface area contributed by atoms with Gasteiger partial charge in [-0.2, -0.15) is 24.2 Å². The number of halogens is 2. The summed E-state index contributed by atoms with van der Waals surface area (Å²) in [7, 11) is 0. The third-order valence-electron chi connectivity index (χ3n) is 2.43. The number of alkyl halides is 2. The Morgan fingerprint density at radius 3 is 2.71 bits per heavy atom. The third kappa shape index (κ3) is 2.91. The monoisotopic (exact) mass is 299 g/mol. The van der Waals surface area contributed by atoms with Gasteiger partial charge in [-0.1, -0.05) is 0 Å². The molecule has 1 amide bonds. The Hall–Kier alpha value is -3.11. The summed E-state index contributed by atoms with van der Waals surface area (Å²) in [5, 5.41) is 19.9. The molecule has 1 aromatic heterocycles. The van der Waals surface area contributed by atoms with Crippen LogP contribution in [-0.4, -0.2) is 32.9 Å². The van der Waals surface area contributed by atoms with Crippen LogP contribution in [0.4, 0.5) is 14.5 Å². The average Bonchev–Trinajstić information content (AvgIpc) is 2.87. The van der Waals surface area contributed by atoms with Gasteiger partial charge in [0.15, 0.2) is 5.69 Å². The highest BCUT2D eigenvalue weighted by Gasteiger charge is 2.23. The summed E-state index contributed by atoms with van der Waals surface area (Å²) in [4.78, 5) is 21.2. The van der Waals surface area contributed by atoms with Crippen molar-refractivity contribution in [3.8, 4) is 17.0 Å². The Kier molecular flexibility index (Phi) is 3.73. The van der Waals surface area contributed by atoms with E-state index in [0.29, 0.717) is 0 Å². The van der Waals surface area contributed by atoms with Crippen molar-refractivity contribution in [2.24, 2.45) is 5.73 Å². The number of aromatic amines is 1. The van der Waals surface area contributed by atoms with Crippen molar-refractivity contribution in [3.05, 3.63) is 34.0 Å². The van der Waals surface area contributed by atoms with Crippen molar-refractivity contribution in [3.63, 3.8) is 0 Å². The highest BCUT2D eigenvalue weighted by Crippen LogP contribution is 2.34. The molecule has 0 unspecified atom stereocenters. The molecular weight excluding hydrogens is 292 g/mol. The quantitative estimate of drug-likeness (QED) is 0.626. The van der Waals surface area contributed by atoms with Gasteiger partial charge >= 0.3 is 6.61 Å². The van der Waals surface area contributed by atoms with Crippen LogP contribution < -0.4 is 10.5 Å². The molecular formula is C10H7F2N5O4. The Balaban J connectivity index is 2.62. The van der Waals surface area contributed by atoms with Crippen molar-refractivity contribution >= 4 is 11.6 Å². The number of nitro benzene ring substituents is 1. The van der Waals surface area contributed by atoms with E-state index < -0.39 is 28.9 Å². The second-order valence-corrected chi connectivity index (χ2v) is 3.70. The molecule has 0 aliphatic carbocycles. The molecule has 1 heterocycles. The number of primary amides is 1. The average molecular weight is 299 g/mol. The van der Waals surface area contributed by atoms with Gasteiger partial charge in [-0.15, -0.1) is 0 Å². The zero-order chi connectivity index (χ0) is 15.6. The van der Waals surface area contributed by atoms with Crippen LogP contribution >= 0.6 is 0 Å². The molecule has 0 saturated carbocycles. The third-order valence-corrected chi connectivity index (χ3v) is 2.43. The minimum Gasteiger partial charge on any atom is -0.434 e. The first-order valence-electron chi connectivity index (χ1n) is 5.34. The predicted octanol–water partition coefficient (Wildman–Crippen LogP) is 1.08. The lowest BCUT2D eigenvalue weighted by Crippen LogP contribution is -2.13. The summed E-state index contributed by atoms with van der Waals surface area (Å²) in [5.41, 5.74) is 3.89. The van der Waals surface area contributed by atoms with Crippen LogP contribution in [0.25, 0.3) is 11.3 Å². The molecule has 2 rings (SSSR count). The maximum atomic E-state index is 12.4. The largest absolute Gasteiger partial charge is 0.434 e. The molecule has 11 heteroatoms. The molecule has 0 atom stereocenters. The second kappa shape index (κ2) is 5.48. The van der Waals surface area contributed by atoms with Crippen LogP contribution in [-0.2, 0) is 0 Å². The van der Waals surface area contributed by atoms with Crippen molar-refractivity contribution < 1.29 is 23.2 Å². The molecule has 110 valence electrons. The Bertz CT molecular complexity index is 703. The molecule has 1 aromatic carbocycles. The number of nitro groups is 1. The summed E-state index contributed by atoms with van der Waals surface area (Å²) in [5.74, 6) is -1.37. The van der Waals surface area contributed by atoms with Gasteiger partial charge in [-0.25, -0.2) is 0 Å². The van der Waals surface area contributed by atoms with Gasteiger partial charge in [0.05, 0.1) is 10.5 Å². The number of aromatic nitrogens is 3. The summed E-state index contributed by atoms with van der Waals surface area (Å²) in [6.45, 7) is -3.16. The molecule has 0 aliphatic heterocycles. The molecule has 0 radical (unpaired) electrons. The van der Waals surface area contributed by atoms with E-state index >= 15 is 0 Å². The number of non-ortho nitro benzene ring substituents is 1. The SMILES string of the molecule is NC(=O)c1n[nH]nc1-c1cc([N+](=O)[O-])ccc1OC(F)F. The fraction of sp³-hybridized carbons (Fsp3) is 0.100. The number of carbonyl (C=O) groups excluding carboxylic acids is 1. The number of nitrogens with two attached hydrogens (primary N) is 1. The van der Waals surface area contributed by atoms with E-state index in [1.807, 2.05) is 0 Å². The molecule has 0 fully saturated rings. The molecule has 0 saturated heterocycles. The predicted molar refractivity (Wildman–Crippen MR) is 63.6 cm³/mol. The number of benzene rings is 1. The van der Waals surface area contributed by atoms with Gasteiger partial charge < -0.3 is 10.5 Å². The maximum absolute atomic E-state index is 12.4. The van der Waals surface area contributed by atoms with Gasteiger partial charge in [0.1, 0.15) is 11.4 Å². The lowest BCUT2D eigenvalue weighted by Gasteiger charge is -2.09. The van der Waals surface area contributed by atoms with E-state index in [9.17, 15) is 23.7 Å². The second-order valence-electron chi connectivity index (χ2n) is 3.70. The molecule has 0 spiro atoms. The van der Waals surface area contributed by atoms with E-state index in [1.54, 1.807) is 0 Å². The lowest BCUT2D eigenvalue weighted by molar-refractivity contribution is -0.384. The van der Waals surface area contributed by atoms with Crippen molar-refractivity contribution in [1.29, 1.82) is 0 Å². The molecule has 0 bridgehead atoms.